The number of hydrogen-bond acceptors (Lipinski definition) is 4. The summed E-state index contributed by atoms with van der Waals surface area (Å²) in [6, 6.07) is 6.25. The summed E-state index contributed by atoms with van der Waals surface area (Å²) in [5.41, 5.74) is 1.95. The summed E-state index contributed by atoms with van der Waals surface area (Å²) in [4.78, 5) is 16.4. The molecule has 1 aromatic heterocycles. The van der Waals surface area contributed by atoms with E-state index in [4.69, 9.17) is 4.74 Å². The van der Waals surface area contributed by atoms with Crippen molar-refractivity contribution < 1.29 is 22.7 Å². The highest BCUT2D eigenvalue weighted by atomic mass is 19.4. The fourth-order valence-corrected chi connectivity index (χ4v) is 4.76. The molecule has 0 spiro atoms. The van der Waals surface area contributed by atoms with Gasteiger partial charge in [-0.05, 0) is 56.5 Å². The zero-order chi connectivity index (χ0) is 22.7. The number of nitrogens with zero attached hydrogens (tertiary/aromatic N) is 3. The van der Waals surface area contributed by atoms with E-state index >= 15 is 0 Å². The Bertz CT molecular complexity index is 946. The number of benzene rings is 1. The van der Waals surface area contributed by atoms with E-state index in [9.17, 15) is 18.0 Å². The Labute approximate surface area is 186 Å². The predicted molar refractivity (Wildman–Crippen MR) is 118 cm³/mol. The summed E-state index contributed by atoms with van der Waals surface area (Å²) in [6.45, 7) is 4.98. The number of ketones is 1. The van der Waals surface area contributed by atoms with E-state index in [1.165, 1.54) is 24.9 Å². The summed E-state index contributed by atoms with van der Waals surface area (Å²) < 4.78 is 47.0. The molecule has 1 saturated heterocycles. The highest BCUT2D eigenvalue weighted by Gasteiger charge is 2.35. The first-order valence-corrected chi connectivity index (χ1v) is 11.3. The molecular weight excluding hydrogens is 419 g/mol. The van der Waals surface area contributed by atoms with Crippen LogP contribution < -0.4 is 9.64 Å². The summed E-state index contributed by atoms with van der Waals surface area (Å²) in [6.07, 6.45) is 2.30. The molecule has 0 unspecified atom stereocenters. The van der Waals surface area contributed by atoms with Crippen LogP contribution in [0.3, 0.4) is 0 Å². The van der Waals surface area contributed by atoms with Gasteiger partial charge in [0.25, 0.3) is 0 Å². The van der Waals surface area contributed by atoms with Crippen LogP contribution >= 0.6 is 0 Å². The molecule has 2 heterocycles. The average Bonchev–Trinajstić information content (AvgIpc) is 3.20. The zero-order valence-electron chi connectivity index (χ0n) is 18.5. The SMILES string of the molecule is COc1ccc(N2CCN(CCCCn3ccc4c3CCCC4=O)CC2)cc1C(F)(F)F. The van der Waals surface area contributed by atoms with Crippen LogP contribution in [0.1, 0.15) is 47.3 Å². The van der Waals surface area contributed by atoms with E-state index in [1.54, 1.807) is 6.07 Å². The number of anilines is 1. The van der Waals surface area contributed by atoms with E-state index in [2.05, 4.69) is 9.47 Å². The molecule has 1 aliphatic carbocycles. The van der Waals surface area contributed by atoms with Crippen LogP contribution in [0, 0.1) is 0 Å². The number of carbonyl (C=O) groups is 1. The van der Waals surface area contributed by atoms with E-state index < -0.39 is 11.7 Å². The first kappa shape index (κ1) is 22.7. The molecular formula is C24H30F3N3O2. The highest BCUT2D eigenvalue weighted by molar-refractivity contribution is 5.98. The molecule has 1 fully saturated rings. The smallest absolute Gasteiger partial charge is 0.420 e. The number of carbonyl (C=O) groups excluding carboxylic acids is 1. The van der Waals surface area contributed by atoms with E-state index in [0.29, 0.717) is 25.2 Å². The van der Waals surface area contributed by atoms with Crippen LogP contribution in [0.25, 0.3) is 0 Å². The average molecular weight is 450 g/mol. The van der Waals surface area contributed by atoms with E-state index in [0.717, 1.165) is 57.4 Å². The second kappa shape index (κ2) is 9.57. The minimum atomic E-state index is -4.44. The van der Waals surface area contributed by atoms with Crippen molar-refractivity contribution in [2.24, 2.45) is 0 Å². The topological polar surface area (TPSA) is 37.7 Å². The van der Waals surface area contributed by atoms with Gasteiger partial charge in [0.15, 0.2) is 5.78 Å². The highest BCUT2D eigenvalue weighted by Crippen LogP contribution is 2.38. The Balaban J connectivity index is 1.24. The number of aryl methyl sites for hydroxylation is 1. The number of piperazine rings is 1. The van der Waals surface area contributed by atoms with Crippen molar-refractivity contribution in [3.63, 3.8) is 0 Å². The molecule has 0 amide bonds. The third-order valence-electron chi connectivity index (χ3n) is 6.55. The predicted octanol–water partition coefficient (Wildman–Crippen LogP) is 4.64. The number of methoxy groups -OCH3 is 1. The number of alkyl halides is 3. The normalized spacial score (nSPS) is 17.5. The Morgan fingerprint density at radius 1 is 1.00 bits per heavy atom. The van der Waals surface area contributed by atoms with E-state index in [1.807, 2.05) is 17.2 Å². The molecule has 2 aromatic rings. The maximum Gasteiger partial charge on any atom is 0.420 e. The lowest BCUT2D eigenvalue weighted by Crippen LogP contribution is -2.46. The number of ether oxygens (including phenoxy) is 1. The van der Waals surface area contributed by atoms with Crippen molar-refractivity contribution in [3.05, 3.63) is 47.3 Å². The van der Waals surface area contributed by atoms with Gasteiger partial charge in [-0.3, -0.25) is 9.69 Å². The molecule has 5 nitrogen and oxygen atoms in total. The lowest BCUT2D eigenvalue weighted by atomic mass is 9.97. The molecule has 32 heavy (non-hydrogen) atoms. The molecule has 2 aliphatic rings. The Kier molecular flexibility index (Phi) is 6.79. The summed E-state index contributed by atoms with van der Waals surface area (Å²) >= 11 is 0. The van der Waals surface area contributed by atoms with Crippen molar-refractivity contribution in [1.29, 1.82) is 0 Å². The van der Waals surface area contributed by atoms with Crippen molar-refractivity contribution in [2.75, 3.05) is 44.7 Å². The summed E-state index contributed by atoms with van der Waals surface area (Å²) in [5.74, 6) is 0.121. The monoisotopic (exact) mass is 449 g/mol. The van der Waals surface area contributed by atoms with Gasteiger partial charge in [-0.1, -0.05) is 0 Å². The molecule has 1 aromatic carbocycles. The van der Waals surface area contributed by atoms with Gasteiger partial charge in [-0.25, -0.2) is 0 Å². The van der Waals surface area contributed by atoms with Crippen LogP contribution in [-0.2, 0) is 19.1 Å². The number of rotatable bonds is 7. The van der Waals surface area contributed by atoms with Crippen molar-refractivity contribution in [3.8, 4) is 5.75 Å². The number of fused-ring (bicyclic) bond motifs is 1. The molecule has 0 N–H and O–H groups in total. The van der Waals surface area contributed by atoms with Crippen LogP contribution in [0.15, 0.2) is 30.5 Å². The first-order chi connectivity index (χ1) is 15.4. The number of hydrogen-bond donors (Lipinski definition) is 0. The summed E-state index contributed by atoms with van der Waals surface area (Å²) in [5, 5.41) is 0. The van der Waals surface area contributed by atoms with Gasteiger partial charge in [0.2, 0.25) is 0 Å². The van der Waals surface area contributed by atoms with E-state index in [-0.39, 0.29) is 11.5 Å². The van der Waals surface area contributed by atoms with Crippen LogP contribution in [0.2, 0.25) is 0 Å². The Morgan fingerprint density at radius 2 is 1.75 bits per heavy atom. The van der Waals surface area contributed by atoms with Crippen LogP contribution in [-0.4, -0.2) is 55.1 Å². The number of unbranched alkanes of at least 4 members (excludes halogenated alkanes) is 1. The minimum Gasteiger partial charge on any atom is -0.496 e. The quantitative estimate of drug-likeness (QED) is 0.578. The molecule has 1 aliphatic heterocycles. The van der Waals surface area contributed by atoms with Crippen molar-refractivity contribution >= 4 is 11.5 Å². The largest absolute Gasteiger partial charge is 0.496 e. The van der Waals surface area contributed by atoms with Gasteiger partial charge >= 0.3 is 6.18 Å². The maximum absolute atomic E-state index is 13.3. The molecule has 0 radical (unpaired) electrons. The lowest BCUT2D eigenvalue weighted by molar-refractivity contribution is -0.138. The lowest BCUT2D eigenvalue weighted by Gasteiger charge is -2.36. The fraction of sp³-hybridized carbons (Fsp3) is 0.542. The number of Topliss-reactive ketones (excluding diaryl/α,β-unsaturated/α-hetero) is 1. The zero-order valence-corrected chi connectivity index (χ0v) is 18.5. The standard InChI is InChI=1S/C24H30F3N3O2/c1-32-23-8-7-18(17-20(23)24(25,26)27)29-15-13-28(14-16-29)10-2-3-11-30-12-9-19-21(30)5-4-6-22(19)31/h7-9,12,17H,2-6,10-11,13-16H2,1H3. The van der Waals surface area contributed by atoms with Gasteiger partial charge < -0.3 is 14.2 Å². The molecule has 8 heteroatoms. The molecule has 0 saturated carbocycles. The van der Waals surface area contributed by atoms with Gasteiger partial charge in [-0.2, -0.15) is 13.2 Å². The fourth-order valence-electron chi connectivity index (χ4n) is 4.76. The van der Waals surface area contributed by atoms with Crippen molar-refractivity contribution in [2.45, 2.75) is 44.8 Å². The Hall–Kier alpha value is -2.48. The van der Waals surface area contributed by atoms with Crippen LogP contribution in [0.4, 0.5) is 18.9 Å². The second-order valence-electron chi connectivity index (χ2n) is 8.56. The number of halogens is 3. The Morgan fingerprint density at radius 3 is 2.47 bits per heavy atom. The molecule has 4 rings (SSSR count). The van der Waals surface area contributed by atoms with Gasteiger partial charge in [0, 0.05) is 62.3 Å². The first-order valence-electron chi connectivity index (χ1n) is 11.3. The molecule has 0 bridgehead atoms. The van der Waals surface area contributed by atoms with Crippen LogP contribution in [0.5, 0.6) is 5.75 Å². The molecule has 174 valence electrons. The maximum atomic E-state index is 13.3. The van der Waals surface area contributed by atoms with Gasteiger partial charge in [0.1, 0.15) is 5.75 Å². The minimum absolute atomic E-state index is 0.145. The summed E-state index contributed by atoms with van der Waals surface area (Å²) in [7, 11) is 1.26. The second-order valence-corrected chi connectivity index (χ2v) is 8.56. The van der Waals surface area contributed by atoms with Crippen molar-refractivity contribution in [1.82, 2.24) is 9.47 Å². The number of aromatic nitrogens is 1. The molecule has 0 atom stereocenters. The van der Waals surface area contributed by atoms with Gasteiger partial charge in [0.05, 0.1) is 12.7 Å². The third-order valence-corrected chi connectivity index (χ3v) is 6.55. The van der Waals surface area contributed by atoms with Gasteiger partial charge in [-0.15, -0.1) is 0 Å². The third kappa shape index (κ3) is 4.95.